The van der Waals surface area contributed by atoms with Crippen LogP contribution in [0.2, 0.25) is 0 Å². The molecule has 0 saturated carbocycles. The van der Waals surface area contributed by atoms with Gasteiger partial charge in [0.2, 0.25) is 0 Å². The Morgan fingerprint density at radius 3 is 0.675 bits per heavy atom. The van der Waals surface area contributed by atoms with Gasteiger partial charge in [0.15, 0.2) is 0 Å². The maximum absolute atomic E-state index is 8.69. The number of anilines is 18. The topological polar surface area (TPSA) is 19.4 Å². The normalized spacial score (nSPS) is 11.8. The zero-order valence-electron chi connectivity index (χ0n) is 67.0. The number of para-hydroxylation sites is 8. The van der Waals surface area contributed by atoms with Crippen LogP contribution in [-0.2, 0) is 0 Å². The van der Waals surface area contributed by atoms with Gasteiger partial charge in [-0.1, -0.05) is 230 Å². The van der Waals surface area contributed by atoms with Gasteiger partial charge in [-0.15, -0.1) is 22.7 Å². The fourth-order valence-electron chi connectivity index (χ4n) is 15.4. The molecular formula is C106H76N6S2. The average molecular weight is 1500 g/mol. The zero-order chi connectivity index (χ0) is 80.3. The molecule has 20 aromatic rings. The summed E-state index contributed by atoms with van der Waals surface area (Å²) in [4.78, 5) is 13.8. The summed E-state index contributed by atoms with van der Waals surface area (Å²) in [6.07, 6.45) is 0. The Kier molecular flexibility index (Phi) is 17.9. The molecule has 0 aliphatic heterocycles. The molecule has 2 heterocycles. The first-order valence-corrected chi connectivity index (χ1v) is 39.7. The van der Waals surface area contributed by atoms with E-state index < -0.39 is 6.04 Å². The Hall–Kier alpha value is -14.5. The minimum atomic E-state index is -0.411. The minimum absolute atomic E-state index is 0.169. The first-order valence-electron chi connectivity index (χ1n) is 40.6. The number of benzene rings is 18. The fourth-order valence-corrected chi connectivity index (χ4v) is 17.5. The standard InChI is InChI=1S/C58H41N3S.C48H35N3S/c1-5-16-42(17-6-1)44-28-31-49(32-29-44)61(51-27-15-26-50(39-51)59(46-20-7-2-8-21-46)47-22-9-3-10-23-47)54-35-37-58-56(41-54)55-40-53(34-36-57(55)62-58)60(48-24-11-4-12-25-48)52-33-30-43-18-13-14-19-45(43)38-52;1-6-17-36(18-7-1)49(37-19-8-2-9-20-37)41-27-16-28-42(33-41)51(40-25-14-5-15-26-40)44-30-32-48-46(35-44)45-34-43(29-31-47(45)52-48)50(38-21-10-3-11-22-38)39-23-12-4-13-24-39/h1-41H;1-35H/i1D,5D,6D,16D,17D;. The van der Waals surface area contributed by atoms with Crippen LogP contribution in [0.5, 0.6) is 0 Å². The van der Waals surface area contributed by atoms with Crippen LogP contribution in [0.15, 0.2) is 461 Å². The van der Waals surface area contributed by atoms with E-state index >= 15 is 0 Å². The van der Waals surface area contributed by atoms with Gasteiger partial charge in [-0.2, -0.15) is 0 Å². The molecule has 2 aromatic heterocycles. The number of hydrogen-bond acceptors (Lipinski definition) is 8. The highest BCUT2D eigenvalue weighted by molar-refractivity contribution is 7.26. The molecule has 0 amide bonds. The van der Waals surface area contributed by atoms with Gasteiger partial charge in [0.05, 0.1) is 6.85 Å². The van der Waals surface area contributed by atoms with Crippen LogP contribution < -0.4 is 29.4 Å². The molecule has 8 heteroatoms. The van der Waals surface area contributed by atoms with Crippen molar-refractivity contribution >= 4 is 176 Å². The van der Waals surface area contributed by atoms with Gasteiger partial charge in [-0.25, -0.2) is 0 Å². The van der Waals surface area contributed by atoms with E-state index in [0.717, 1.165) is 118 Å². The van der Waals surface area contributed by atoms with Gasteiger partial charge in [0, 0.05) is 143 Å². The lowest BCUT2D eigenvalue weighted by molar-refractivity contribution is 1.25. The van der Waals surface area contributed by atoms with Crippen molar-refractivity contribution in [2.24, 2.45) is 0 Å². The first-order chi connectivity index (χ1) is 58.6. The highest BCUT2D eigenvalue weighted by Crippen LogP contribution is 2.49. The predicted molar refractivity (Wildman–Crippen MR) is 490 cm³/mol. The van der Waals surface area contributed by atoms with Crippen molar-refractivity contribution in [3.63, 3.8) is 0 Å². The second-order valence-electron chi connectivity index (χ2n) is 27.7. The summed E-state index contributed by atoms with van der Waals surface area (Å²) < 4.78 is 47.1. The SMILES string of the molecule is [2H]c1c([2H])c([2H])c(-c2ccc(N(c3cccc(N(c4ccccc4)c4ccccc4)c3)c3ccc4sc5ccc(N(c6ccccc6)c6ccc7ccccc7c6)cc5c4c3)cc2)c([2H])c1[2H].c1ccc(N(c2ccccc2)c2cccc(N(c3ccccc3)c3ccc4sc5ccc(N(c6ccccc6)c6ccccc6)cc5c4c3)c2)cc1. The maximum atomic E-state index is 8.69. The molecule has 0 N–H and O–H groups in total. The third-order valence-corrected chi connectivity index (χ3v) is 22.9. The molecule has 18 aromatic carbocycles. The Balaban J connectivity index is 0.000000163. The molecule has 542 valence electrons. The summed E-state index contributed by atoms with van der Waals surface area (Å²) >= 11 is 3.62. The molecule has 20 rings (SSSR count). The third-order valence-electron chi connectivity index (χ3n) is 20.6. The van der Waals surface area contributed by atoms with Crippen molar-refractivity contribution in [2.45, 2.75) is 0 Å². The molecular weight excluding hydrogens is 1420 g/mol. The van der Waals surface area contributed by atoms with Crippen LogP contribution in [-0.4, -0.2) is 0 Å². The number of rotatable bonds is 19. The van der Waals surface area contributed by atoms with E-state index in [1.165, 1.54) is 35.6 Å². The lowest BCUT2D eigenvalue weighted by Gasteiger charge is -2.29. The quantitative estimate of drug-likeness (QED) is 0.0798. The van der Waals surface area contributed by atoms with E-state index in [0.29, 0.717) is 5.56 Å². The summed E-state index contributed by atoms with van der Waals surface area (Å²) in [6.45, 7) is 0. The Morgan fingerprint density at radius 1 is 0.158 bits per heavy atom. The van der Waals surface area contributed by atoms with E-state index in [1.807, 2.05) is 78.1 Å². The van der Waals surface area contributed by atoms with Crippen molar-refractivity contribution < 1.29 is 6.85 Å². The van der Waals surface area contributed by atoms with Crippen LogP contribution in [0.4, 0.5) is 102 Å². The Labute approximate surface area is 680 Å². The molecule has 0 aliphatic carbocycles. The van der Waals surface area contributed by atoms with Gasteiger partial charge < -0.3 is 29.4 Å². The first kappa shape index (κ1) is 64.3. The molecule has 6 nitrogen and oxygen atoms in total. The predicted octanol–water partition coefficient (Wildman–Crippen LogP) is 31.7. The highest BCUT2D eigenvalue weighted by Gasteiger charge is 2.24. The van der Waals surface area contributed by atoms with E-state index in [4.69, 9.17) is 6.85 Å². The van der Waals surface area contributed by atoms with Crippen LogP contribution in [0.3, 0.4) is 0 Å². The lowest BCUT2D eigenvalue weighted by atomic mass is 10.0. The Bertz CT molecular complexity index is 6870. The second-order valence-corrected chi connectivity index (χ2v) is 29.9. The molecule has 0 aliphatic rings. The zero-order valence-corrected chi connectivity index (χ0v) is 63.6. The third kappa shape index (κ3) is 14.3. The second kappa shape index (κ2) is 31.8. The molecule has 0 atom stereocenters. The van der Waals surface area contributed by atoms with Crippen molar-refractivity contribution in [3.05, 3.63) is 461 Å². The number of nitrogens with zero attached hydrogens (tertiary/aromatic N) is 6. The van der Waals surface area contributed by atoms with Crippen LogP contribution in [0.25, 0.3) is 62.2 Å². The highest BCUT2D eigenvalue weighted by atomic mass is 32.1. The van der Waals surface area contributed by atoms with Crippen molar-refractivity contribution in [1.82, 2.24) is 0 Å². The van der Waals surface area contributed by atoms with Crippen LogP contribution in [0, 0.1) is 0 Å². The number of hydrogen-bond donors (Lipinski definition) is 0. The van der Waals surface area contributed by atoms with Gasteiger partial charge in [-0.05, 0) is 252 Å². The average Bonchev–Trinajstić information content (AvgIpc) is 1.70. The molecule has 0 saturated heterocycles. The summed E-state index contributed by atoms with van der Waals surface area (Å²) in [5.74, 6) is 0. The monoisotopic (exact) mass is 1500 g/mol. The van der Waals surface area contributed by atoms with Crippen molar-refractivity contribution in [3.8, 4) is 11.1 Å². The molecule has 0 radical (unpaired) electrons. The number of thiophene rings is 2. The summed E-state index contributed by atoms with van der Waals surface area (Å²) in [5.41, 5.74) is 19.6. The maximum Gasteiger partial charge on any atom is 0.0629 e. The fraction of sp³-hybridized carbons (Fsp3) is 0. The Morgan fingerprint density at radius 2 is 0.377 bits per heavy atom. The van der Waals surface area contributed by atoms with Crippen LogP contribution in [0.1, 0.15) is 6.85 Å². The van der Waals surface area contributed by atoms with E-state index in [1.54, 1.807) is 11.3 Å². The van der Waals surface area contributed by atoms with Gasteiger partial charge >= 0.3 is 0 Å². The van der Waals surface area contributed by atoms with E-state index in [9.17, 15) is 0 Å². The van der Waals surface area contributed by atoms with Gasteiger partial charge in [0.1, 0.15) is 0 Å². The van der Waals surface area contributed by atoms with Gasteiger partial charge in [-0.3, -0.25) is 0 Å². The lowest BCUT2D eigenvalue weighted by Crippen LogP contribution is -2.13. The van der Waals surface area contributed by atoms with E-state index in [-0.39, 0.29) is 29.7 Å². The van der Waals surface area contributed by atoms with E-state index in [2.05, 4.69) is 393 Å². The van der Waals surface area contributed by atoms with Crippen molar-refractivity contribution in [1.29, 1.82) is 0 Å². The molecule has 114 heavy (non-hydrogen) atoms. The largest absolute Gasteiger partial charge is 0.310 e. The minimum Gasteiger partial charge on any atom is -0.310 e. The molecule has 0 fully saturated rings. The van der Waals surface area contributed by atoms with Crippen molar-refractivity contribution in [2.75, 3.05) is 29.4 Å². The summed E-state index contributed by atoms with van der Waals surface area (Å²) in [6, 6.07) is 150. The molecule has 0 unspecified atom stereocenters. The van der Waals surface area contributed by atoms with Gasteiger partial charge in [0.25, 0.3) is 0 Å². The van der Waals surface area contributed by atoms with Crippen LogP contribution >= 0.6 is 22.7 Å². The summed E-state index contributed by atoms with van der Waals surface area (Å²) in [5, 5.41) is 7.13. The summed E-state index contributed by atoms with van der Waals surface area (Å²) in [7, 11) is 0. The smallest absolute Gasteiger partial charge is 0.0629 e. The number of fused-ring (bicyclic) bond motifs is 7. The molecule has 0 spiro atoms. The molecule has 0 bridgehead atoms.